The average molecular weight is 419 g/mol. The lowest BCUT2D eigenvalue weighted by molar-refractivity contribution is -0.129. The van der Waals surface area contributed by atoms with Crippen LogP contribution in [0.15, 0.2) is 47.4 Å². The van der Waals surface area contributed by atoms with Gasteiger partial charge in [0.2, 0.25) is 12.7 Å². The van der Waals surface area contributed by atoms with Crippen LogP contribution in [0, 0.1) is 0 Å². The van der Waals surface area contributed by atoms with Crippen LogP contribution in [0.3, 0.4) is 0 Å². The van der Waals surface area contributed by atoms with Crippen LogP contribution in [0.4, 0.5) is 5.69 Å². The molecule has 2 amide bonds. The summed E-state index contributed by atoms with van der Waals surface area (Å²) in [7, 11) is 0.726. The molecule has 9 nitrogen and oxygen atoms in total. The fourth-order valence-electron chi connectivity index (χ4n) is 2.61. The molecule has 0 saturated heterocycles. The van der Waals surface area contributed by atoms with Crippen LogP contribution in [0.2, 0.25) is 0 Å². The number of amides is 2. The van der Waals surface area contributed by atoms with Crippen LogP contribution < -0.4 is 14.2 Å². The highest BCUT2D eigenvalue weighted by atomic mass is 32.2. The van der Waals surface area contributed by atoms with Gasteiger partial charge >= 0.3 is 0 Å². The van der Waals surface area contributed by atoms with Crippen molar-refractivity contribution in [3.05, 3.63) is 48.0 Å². The molecule has 0 saturated carbocycles. The normalized spacial score (nSPS) is 12.4. The Bertz CT molecular complexity index is 1050. The predicted molar refractivity (Wildman–Crippen MR) is 105 cm³/mol. The molecule has 0 spiro atoms. The highest BCUT2D eigenvalue weighted by Gasteiger charge is 2.21. The summed E-state index contributed by atoms with van der Waals surface area (Å²) >= 11 is 0. The lowest BCUT2D eigenvalue weighted by atomic mass is 10.2. The highest BCUT2D eigenvalue weighted by Crippen LogP contribution is 2.34. The molecular formula is C19H21N3O6S. The van der Waals surface area contributed by atoms with Crippen molar-refractivity contribution >= 4 is 27.5 Å². The van der Waals surface area contributed by atoms with Gasteiger partial charge in [0.25, 0.3) is 15.9 Å². The van der Waals surface area contributed by atoms with Crippen LogP contribution >= 0.6 is 0 Å². The molecule has 1 aliphatic heterocycles. The number of likely N-dealkylation sites (N-methyl/N-ethyl adjacent to an activating group) is 2. The maximum atomic E-state index is 12.7. The Labute approximate surface area is 168 Å². The van der Waals surface area contributed by atoms with Gasteiger partial charge in [-0.05, 0) is 30.3 Å². The summed E-state index contributed by atoms with van der Waals surface area (Å²) < 4.78 is 38.4. The van der Waals surface area contributed by atoms with Crippen molar-refractivity contribution in [3.63, 3.8) is 0 Å². The van der Waals surface area contributed by atoms with E-state index in [1.807, 2.05) is 0 Å². The number of carbonyl (C=O) groups is 2. The maximum Gasteiger partial charge on any atom is 0.261 e. The molecule has 1 heterocycles. The summed E-state index contributed by atoms with van der Waals surface area (Å²) in [6.07, 6.45) is 0. The number of carbonyl (C=O) groups excluding carboxylic acids is 2. The predicted octanol–water partition coefficient (Wildman–Crippen LogP) is 1.38. The number of nitrogens with zero attached hydrogens (tertiary/aromatic N) is 2. The second kappa shape index (κ2) is 8.00. The second-order valence-corrected chi connectivity index (χ2v) is 8.33. The third-order valence-electron chi connectivity index (χ3n) is 4.23. The molecular weight excluding hydrogens is 398 g/mol. The van der Waals surface area contributed by atoms with E-state index in [0.29, 0.717) is 17.2 Å². The largest absolute Gasteiger partial charge is 0.454 e. The van der Waals surface area contributed by atoms with Gasteiger partial charge < -0.3 is 19.3 Å². The summed E-state index contributed by atoms with van der Waals surface area (Å²) in [5.41, 5.74) is 0.465. The molecule has 29 heavy (non-hydrogen) atoms. The molecule has 1 aliphatic rings. The van der Waals surface area contributed by atoms with Gasteiger partial charge in [-0.3, -0.25) is 14.3 Å². The van der Waals surface area contributed by atoms with Gasteiger partial charge in [-0.15, -0.1) is 0 Å². The van der Waals surface area contributed by atoms with Crippen LogP contribution in [-0.4, -0.2) is 64.5 Å². The van der Waals surface area contributed by atoms with Crippen molar-refractivity contribution in [3.8, 4) is 11.5 Å². The second-order valence-electron chi connectivity index (χ2n) is 6.65. The Balaban J connectivity index is 1.78. The number of hydrogen-bond acceptors (Lipinski definition) is 6. The fourth-order valence-corrected chi connectivity index (χ4v) is 3.70. The Morgan fingerprint density at radius 1 is 1.03 bits per heavy atom. The smallest absolute Gasteiger partial charge is 0.261 e. The number of sulfonamides is 1. The molecule has 0 aliphatic carbocycles. The molecule has 2 aromatic carbocycles. The first-order valence-electron chi connectivity index (χ1n) is 8.65. The number of benzene rings is 2. The van der Waals surface area contributed by atoms with Crippen molar-refractivity contribution in [2.24, 2.45) is 0 Å². The first-order chi connectivity index (χ1) is 13.7. The molecule has 0 atom stereocenters. The van der Waals surface area contributed by atoms with E-state index in [4.69, 9.17) is 9.47 Å². The van der Waals surface area contributed by atoms with Gasteiger partial charge in [0.15, 0.2) is 11.5 Å². The lowest BCUT2D eigenvalue weighted by Gasteiger charge is -2.19. The Hall–Kier alpha value is -3.27. The van der Waals surface area contributed by atoms with Crippen molar-refractivity contribution in [2.75, 3.05) is 39.2 Å². The van der Waals surface area contributed by atoms with Crippen LogP contribution in [0.25, 0.3) is 0 Å². The third-order valence-corrected chi connectivity index (χ3v) is 5.61. The molecule has 0 bridgehead atoms. The number of fused-ring (bicyclic) bond motifs is 1. The Morgan fingerprint density at radius 3 is 2.48 bits per heavy atom. The maximum absolute atomic E-state index is 12.7. The summed E-state index contributed by atoms with van der Waals surface area (Å²) in [6.45, 7) is -0.0300. The van der Waals surface area contributed by atoms with Crippen LogP contribution in [0.1, 0.15) is 10.4 Å². The molecule has 0 aromatic heterocycles. The minimum atomic E-state index is -3.94. The van der Waals surface area contributed by atoms with Gasteiger partial charge in [-0.25, -0.2) is 8.42 Å². The lowest BCUT2D eigenvalue weighted by Crippen LogP contribution is -2.37. The van der Waals surface area contributed by atoms with E-state index in [1.165, 1.54) is 47.2 Å². The van der Waals surface area contributed by atoms with E-state index in [2.05, 4.69) is 4.72 Å². The molecule has 1 N–H and O–H groups in total. The zero-order chi connectivity index (χ0) is 21.2. The van der Waals surface area contributed by atoms with E-state index < -0.39 is 15.9 Å². The van der Waals surface area contributed by atoms with Crippen LogP contribution in [-0.2, 0) is 14.8 Å². The number of ether oxygens (including phenoxy) is 2. The van der Waals surface area contributed by atoms with Crippen molar-refractivity contribution < 1.29 is 27.5 Å². The number of hydrogen-bond donors (Lipinski definition) is 1. The van der Waals surface area contributed by atoms with E-state index in [0.717, 1.165) is 0 Å². The first-order valence-corrected chi connectivity index (χ1v) is 10.1. The summed E-state index contributed by atoms with van der Waals surface area (Å²) in [5, 5.41) is 0. The van der Waals surface area contributed by atoms with Gasteiger partial charge in [-0.2, -0.15) is 0 Å². The zero-order valence-corrected chi connectivity index (χ0v) is 17.0. The fraction of sp³-hybridized carbons (Fsp3) is 0.263. The van der Waals surface area contributed by atoms with E-state index in [1.54, 1.807) is 26.2 Å². The average Bonchev–Trinajstić information content (AvgIpc) is 3.14. The minimum Gasteiger partial charge on any atom is -0.454 e. The molecule has 0 radical (unpaired) electrons. The summed E-state index contributed by atoms with van der Waals surface area (Å²) in [5.74, 6) is 0.284. The molecule has 0 unspecified atom stereocenters. The van der Waals surface area contributed by atoms with Crippen molar-refractivity contribution in [1.82, 2.24) is 9.80 Å². The Kier molecular flexibility index (Phi) is 5.64. The number of anilines is 1. The summed E-state index contributed by atoms with van der Waals surface area (Å²) in [4.78, 5) is 26.9. The quantitative estimate of drug-likeness (QED) is 0.758. The van der Waals surface area contributed by atoms with E-state index >= 15 is 0 Å². The van der Waals surface area contributed by atoms with Gasteiger partial charge in [0, 0.05) is 32.8 Å². The monoisotopic (exact) mass is 419 g/mol. The SMILES string of the molecule is CN(C)C(=O)CN(C)C(=O)c1cccc(S(=O)(=O)Nc2ccc3c(c2)OCO3)c1. The van der Waals surface area contributed by atoms with Crippen molar-refractivity contribution in [1.29, 1.82) is 0 Å². The number of rotatable bonds is 6. The summed E-state index contributed by atoms with van der Waals surface area (Å²) in [6, 6.07) is 10.3. The molecule has 2 aromatic rings. The third kappa shape index (κ3) is 4.60. The van der Waals surface area contributed by atoms with Crippen LogP contribution in [0.5, 0.6) is 11.5 Å². The van der Waals surface area contributed by atoms with E-state index in [9.17, 15) is 18.0 Å². The Morgan fingerprint density at radius 2 is 1.76 bits per heavy atom. The van der Waals surface area contributed by atoms with E-state index in [-0.39, 0.29) is 29.7 Å². The number of nitrogens with one attached hydrogen (secondary N) is 1. The minimum absolute atomic E-state index is 0.0756. The molecule has 3 rings (SSSR count). The molecule has 10 heteroatoms. The topological polar surface area (TPSA) is 105 Å². The van der Waals surface area contributed by atoms with Gasteiger partial charge in [0.05, 0.1) is 17.1 Å². The highest BCUT2D eigenvalue weighted by molar-refractivity contribution is 7.92. The van der Waals surface area contributed by atoms with Gasteiger partial charge in [0.1, 0.15) is 0 Å². The van der Waals surface area contributed by atoms with Gasteiger partial charge in [-0.1, -0.05) is 6.07 Å². The molecule has 154 valence electrons. The first kappa shape index (κ1) is 20.5. The zero-order valence-electron chi connectivity index (χ0n) is 16.2. The van der Waals surface area contributed by atoms with Crippen molar-refractivity contribution in [2.45, 2.75) is 4.90 Å². The molecule has 0 fully saturated rings. The standard InChI is InChI=1S/C19H21N3O6S/c1-21(2)18(23)11-22(3)19(24)13-5-4-6-15(9-13)29(25,26)20-14-7-8-16-17(10-14)28-12-27-16/h4-10,20H,11-12H2,1-3H3.